The number of aliphatic hydroxyl groups is 2. The van der Waals surface area contributed by atoms with Crippen LogP contribution in [0.2, 0.25) is 72.5 Å². The first-order valence-corrected chi connectivity index (χ1v) is 54.3. The van der Waals surface area contributed by atoms with Gasteiger partial charge in [0.2, 0.25) is 0 Å². The van der Waals surface area contributed by atoms with Crippen LogP contribution in [0.1, 0.15) is 235 Å². The van der Waals surface area contributed by atoms with Crippen molar-refractivity contribution in [3.05, 3.63) is 238 Å². The summed E-state index contributed by atoms with van der Waals surface area (Å²) in [7, 11) is -4.20. The zero-order valence-corrected chi connectivity index (χ0v) is 83.8. The van der Waals surface area contributed by atoms with Gasteiger partial charge < -0.3 is 46.9 Å². The van der Waals surface area contributed by atoms with Crippen LogP contribution >= 0.6 is 0 Å². The molecule has 0 amide bonds. The first-order valence-electron chi connectivity index (χ1n) is 42.7. The smallest absolute Gasteiger partial charge is 0.192 e. The van der Waals surface area contributed by atoms with Gasteiger partial charge in [0, 0.05) is 36.5 Å². The largest absolute Gasteiger partial charge is 0.413 e. The van der Waals surface area contributed by atoms with Crippen molar-refractivity contribution >= 4 is 33.3 Å². The molecule has 0 spiro atoms. The Kier molecular flexibility index (Phi) is 37.2. The van der Waals surface area contributed by atoms with E-state index < -0.39 is 45.5 Å². The summed E-state index contributed by atoms with van der Waals surface area (Å²) in [5.41, 5.74) is 11.9. The highest BCUT2D eigenvalue weighted by atomic mass is 28.4. The Morgan fingerprint density at radius 2 is 0.467 bits per heavy atom. The van der Waals surface area contributed by atoms with Gasteiger partial charge in [0.05, 0.1) is 77.3 Å². The highest BCUT2D eigenvalue weighted by Gasteiger charge is 2.42. The fraction of sp³-hybridized carbons (Fsp3) is 0.529. The summed E-state index contributed by atoms with van der Waals surface area (Å²) in [6.07, 6.45) is -1.87. The van der Waals surface area contributed by atoms with Crippen molar-refractivity contribution in [1.82, 2.24) is 0 Å². The summed E-state index contributed by atoms with van der Waals surface area (Å²) < 4.78 is 107. The summed E-state index contributed by atoms with van der Waals surface area (Å²) in [5, 5.41) is 22.6. The topological polar surface area (TPSA) is 114 Å². The van der Waals surface area contributed by atoms with Gasteiger partial charge in [-0.1, -0.05) is 312 Å². The third kappa shape index (κ3) is 29.5. The van der Waals surface area contributed by atoms with E-state index in [1.165, 1.54) is 24.3 Å². The number of rotatable bonds is 28. The van der Waals surface area contributed by atoms with E-state index in [-0.39, 0.29) is 77.3 Å². The zero-order chi connectivity index (χ0) is 91.0. The van der Waals surface area contributed by atoms with Gasteiger partial charge >= 0.3 is 0 Å². The Morgan fingerprint density at radius 3 is 0.650 bits per heavy atom. The molecule has 0 aromatic heterocycles. The number of hydrogen-bond acceptors (Lipinski definition) is 10. The van der Waals surface area contributed by atoms with Crippen LogP contribution in [-0.2, 0) is 63.1 Å². The molecule has 0 bridgehead atoms. The fourth-order valence-corrected chi connectivity index (χ4v) is 16.2. The monoisotopic (exact) mass is 1730 g/mol. The lowest BCUT2D eigenvalue weighted by Gasteiger charge is -2.36. The molecule has 4 atom stereocenters. The maximum Gasteiger partial charge on any atom is 0.192 e. The predicted octanol–water partition coefficient (Wildman–Crippen LogP) is 29.7. The van der Waals surface area contributed by atoms with Crippen molar-refractivity contribution in [3.63, 3.8) is 0 Å². The summed E-state index contributed by atoms with van der Waals surface area (Å²) >= 11 is 0. The summed E-state index contributed by atoms with van der Waals surface area (Å²) in [6.45, 7) is 73.5. The highest BCUT2D eigenvalue weighted by molar-refractivity contribution is 6.75. The minimum atomic E-state index is -1.89. The van der Waals surface area contributed by atoms with E-state index in [1.54, 1.807) is 50.6 Å². The van der Waals surface area contributed by atoms with E-state index in [2.05, 4.69) is 189 Å². The second-order valence-corrected chi connectivity index (χ2v) is 61.8. The van der Waals surface area contributed by atoms with Gasteiger partial charge in [0.25, 0.3) is 0 Å². The van der Waals surface area contributed by atoms with E-state index in [1.807, 2.05) is 139 Å². The van der Waals surface area contributed by atoms with Crippen LogP contribution in [0, 0.1) is 44.9 Å². The molecule has 8 rings (SSSR count). The van der Waals surface area contributed by atoms with Crippen molar-refractivity contribution < 1.29 is 64.4 Å². The Morgan fingerprint density at radius 1 is 0.267 bits per heavy atom. The van der Waals surface area contributed by atoms with E-state index >= 15 is 0 Å². The van der Waals surface area contributed by atoms with Gasteiger partial charge in [-0.2, -0.15) is 0 Å². The molecule has 10 nitrogen and oxygen atoms in total. The van der Waals surface area contributed by atoms with Gasteiger partial charge in [0.1, 0.15) is 23.3 Å². The van der Waals surface area contributed by atoms with Crippen molar-refractivity contribution in [2.75, 3.05) is 40.6 Å². The average Bonchev–Trinajstić information content (AvgIpc) is 0.792. The maximum absolute atomic E-state index is 14.8. The molecule has 18 heteroatoms. The lowest BCUT2D eigenvalue weighted by atomic mass is 9.81. The molecule has 0 aliphatic rings. The summed E-state index contributed by atoms with van der Waals surface area (Å²) in [5.74, 6) is -1.03. The Balaban J connectivity index is 0.000000285. The standard InChI is InChI=1S/2C27H41FO3Si.2C24H35FO2Si/c2*1-26(2,3)25(30-17-16-29-7)23-18-20(19-31-32(8,9)27(4,5)6)14-15-21(23)22-12-10-11-13-24(22)28;2*1-23(2,3)22(26)20-15-17(16-27-28(7,8)24(4,5)6)13-14-18(20)19-11-9-10-12-21(19)25/h2*10-15,18,25H,16-17,19H2,1-9H3;2*9-15,22,26H,16H2,1-8H3/t2*25-;2*22-/m1010/s1. The molecule has 0 heterocycles. The summed E-state index contributed by atoms with van der Waals surface area (Å²) in [4.78, 5) is 0. The lowest BCUT2D eigenvalue weighted by molar-refractivity contribution is -0.0390. The van der Waals surface area contributed by atoms with E-state index in [0.29, 0.717) is 75.1 Å². The van der Waals surface area contributed by atoms with Gasteiger partial charge in [-0.25, -0.2) is 17.6 Å². The van der Waals surface area contributed by atoms with Gasteiger partial charge in [-0.3, -0.25) is 0 Å². The van der Waals surface area contributed by atoms with Crippen LogP contribution in [0.25, 0.3) is 44.5 Å². The van der Waals surface area contributed by atoms with Crippen LogP contribution in [0.15, 0.2) is 170 Å². The second-order valence-electron chi connectivity index (χ2n) is 42.6. The van der Waals surface area contributed by atoms with Crippen molar-refractivity contribution in [3.8, 4) is 44.5 Å². The molecule has 2 N–H and O–H groups in total. The number of aliphatic hydroxyl groups excluding tert-OH is 2. The number of halogens is 4. The van der Waals surface area contributed by atoms with Gasteiger partial charge in [0.15, 0.2) is 33.3 Å². The van der Waals surface area contributed by atoms with Crippen molar-refractivity contribution in [2.24, 2.45) is 21.7 Å². The molecule has 0 aliphatic carbocycles. The molecule has 0 aliphatic heterocycles. The molecule has 664 valence electrons. The van der Waals surface area contributed by atoms with Crippen LogP contribution in [-0.4, -0.2) is 84.1 Å². The van der Waals surface area contributed by atoms with Crippen LogP contribution in [0.4, 0.5) is 17.6 Å². The Labute approximate surface area is 727 Å². The molecule has 0 unspecified atom stereocenters. The zero-order valence-electron chi connectivity index (χ0n) is 79.8. The van der Waals surface area contributed by atoms with E-state index in [4.69, 9.17) is 36.7 Å². The third-order valence-electron chi connectivity index (χ3n) is 24.3. The highest BCUT2D eigenvalue weighted by Crippen LogP contribution is 2.48. The van der Waals surface area contributed by atoms with E-state index in [9.17, 15) is 27.8 Å². The molecule has 0 saturated heterocycles. The molecule has 0 radical (unpaired) electrons. The molecule has 8 aromatic carbocycles. The van der Waals surface area contributed by atoms with Crippen LogP contribution in [0.3, 0.4) is 0 Å². The second kappa shape index (κ2) is 42.8. The molecule has 8 aromatic rings. The molecule has 120 heavy (non-hydrogen) atoms. The summed E-state index contributed by atoms with van der Waals surface area (Å²) in [6, 6.07) is 51.4. The quantitative estimate of drug-likeness (QED) is 0.0279. The SMILES string of the molecule is CC(C)(C)[C@@H](O)c1cc(CO[Si](C)(C)C(C)(C)C)ccc1-c1ccccc1F.CC(C)(C)[C@H](O)c1cc(CO[Si](C)(C)C(C)(C)C)ccc1-c1ccccc1F.COCCO[C@@H](c1cc(CO[Si](C)(C)C(C)(C)C)ccc1-c1ccccc1F)C(C)(C)C.COCCO[C@H](c1cc(CO[Si](C)(C)C(C)(C)C)ccc1-c1ccccc1F)C(C)(C)C. The lowest BCUT2D eigenvalue weighted by Crippen LogP contribution is -2.40. The molecule has 0 saturated carbocycles. The van der Waals surface area contributed by atoms with Crippen LogP contribution in [0.5, 0.6) is 0 Å². The first-order chi connectivity index (χ1) is 55.0. The molecular weight excluding hydrogens is 1570 g/mol. The average molecular weight is 1730 g/mol. The van der Waals surface area contributed by atoms with Crippen molar-refractivity contribution in [2.45, 2.75) is 290 Å². The van der Waals surface area contributed by atoms with Gasteiger partial charge in [-0.05, 0) is 185 Å². The fourth-order valence-electron chi connectivity index (χ4n) is 12.4. The Hall–Kier alpha value is -6.05. The van der Waals surface area contributed by atoms with Gasteiger partial charge in [-0.15, -0.1) is 0 Å². The minimum absolute atomic E-state index is 0.133. The molecule has 0 fully saturated rings. The minimum Gasteiger partial charge on any atom is -0.413 e. The third-order valence-corrected chi connectivity index (χ3v) is 42.2. The Bertz CT molecular complexity index is 4250. The van der Waals surface area contributed by atoms with Crippen LogP contribution < -0.4 is 0 Å². The van der Waals surface area contributed by atoms with E-state index in [0.717, 1.165) is 66.8 Å². The normalized spacial score (nSPS) is 14.1. The first kappa shape index (κ1) is 104. The number of ether oxygens (including phenoxy) is 4. The molecular formula is C102H152F4O10Si4. The van der Waals surface area contributed by atoms with Crippen molar-refractivity contribution in [1.29, 1.82) is 0 Å². The predicted molar refractivity (Wildman–Crippen MR) is 504 cm³/mol. The maximum atomic E-state index is 14.8. The number of methoxy groups -OCH3 is 2. The number of hydrogen-bond donors (Lipinski definition) is 2. The number of benzene rings is 8.